The molecule has 0 fully saturated rings. The zero-order valence-electron chi connectivity index (χ0n) is 11.9. The first-order valence-electron chi connectivity index (χ1n) is 7.29. The Morgan fingerprint density at radius 2 is 1.72 bits per heavy atom. The number of nitrogens with two attached hydrogens (primary N) is 1. The number of anilines is 1. The molecule has 0 aliphatic carbocycles. The Hall–Kier alpha value is -1.02. The maximum atomic E-state index is 5.83. The number of hydrogen-bond donors (Lipinski definition) is 2. The van der Waals surface area contributed by atoms with E-state index in [0.717, 1.165) is 0 Å². The highest BCUT2D eigenvalue weighted by atomic mass is 14.9. The van der Waals surface area contributed by atoms with Crippen LogP contribution in [-0.4, -0.2) is 12.6 Å². The van der Waals surface area contributed by atoms with Gasteiger partial charge in [0.1, 0.15) is 0 Å². The second-order valence-electron chi connectivity index (χ2n) is 5.15. The molecule has 1 unspecified atom stereocenters. The molecule has 0 radical (unpaired) electrons. The molecule has 0 spiro atoms. The Kier molecular flexibility index (Phi) is 7.51. The molecule has 0 aromatic heterocycles. The molecule has 0 saturated heterocycles. The van der Waals surface area contributed by atoms with E-state index in [1.165, 1.54) is 49.8 Å². The van der Waals surface area contributed by atoms with Gasteiger partial charge in [-0.25, -0.2) is 0 Å². The van der Waals surface area contributed by atoms with E-state index in [0.29, 0.717) is 12.6 Å². The third kappa shape index (κ3) is 6.06. The van der Waals surface area contributed by atoms with Gasteiger partial charge in [0.15, 0.2) is 0 Å². The molecule has 1 rings (SSSR count). The van der Waals surface area contributed by atoms with Gasteiger partial charge >= 0.3 is 0 Å². The largest absolute Gasteiger partial charge is 0.381 e. The van der Waals surface area contributed by atoms with Gasteiger partial charge in [-0.15, -0.1) is 0 Å². The minimum atomic E-state index is 0.411. The van der Waals surface area contributed by atoms with Crippen LogP contribution in [0.1, 0.15) is 51.0 Å². The van der Waals surface area contributed by atoms with Crippen molar-refractivity contribution in [3.63, 3.8) is 0 Å². The maximum Gasteiger partial charge on any atom is 0.0383 e. The molecule has 0 aliphatic heterocycles. The predicted molar refractivity (Wildman–Crippen MR) is 81.0 cm³/mol. The first-order valence-corrected chi connectivity index (χ1v) is 7.29. The lowest BCUT2D eigenvalue weighted by Crippen LogP contribution is -2.28. The van der Waals surface area contributed by atoms with Gasteiger partial charge in [-0.05, 0) is 25.5 Å². The molecule has 0 aliphatic rings. The van der Waals surface area contributed by atoms with Gasteiger partial charge in [0.25, 0.3) is 0 Å². The van der Waals surface area contributed by atoms with Crippen molar-refractivity contribution in [2.45, 2.75) is 58.4 Å². The quantitative estimate of drug-likeness (QED) is 0.646. The summed E-state index contributed by atoms with van der Waals surface area (Å²) in [5.41, 5.74) is 8.31. The van der Waals surface area contributed by atoms with E-state index < -0.39 is 0 Å². The number of hydrogen-bond acceptors (Lipinski definition) is 2. The van der Waals surface area contributed by atoms with E-state index >= 15 is 0 Å². The number of benzene rings is 1. The van der Waals surface area contributed by atoms with Gasteiger partial charge in [-0.2, -0.15) is 0 Å². The number of rotatable bonds is 9. The summed E-state index contributed by atoms with van der Waals surface area (Å²) in [7, 11) is 0. The molecule has 0 amide bonds. The zero-order chi connectivity index (χ0) is 13.2. The van der Waals surface area contributed by atoms with Crippen molar-refractivity contribution in [3.05, 3.63) is 29.8 Å². The Bertz CT molecular complexity index is 305. The average molecular weight is 248 g/mol. The number of nitrogens with one attached hydrogen (secondary N) is 1. The van der Waals surface area contributed by atoms with Crippen LogP contribution in [0.2, 0.25) is 0 Å². The van der Waals surface area contributed by atoms with Crippen LogP contribution in [0.15, 0.2) is 24.3 Å². The normalized spacial score (nSPS) is 12.4. The summed E-state index contributed by atoms with van der Waals surface area (Å²) in [5.74, 6) is 0. The van der Waals surface area contributed by atoms with Gasteiger partial charge in [0, 0.05) is 18.3 Å². The van der Waals surface area contributed by atoms with Gasteiger partial charge in [0.05, 0.1) is 0 Å². The molecule has 102 valence electrons. The SMILES string of the molecule is CCCCCCCC(CN)Nc1ccc(C)cc1. The van der Waals surface area contributed by atoms with Crippen LogP contribution in [0, 0.1) is 6.92 Å². The fraction of sp³-hybridized carbons (Fsp3) is 0.625. The smallest absolute Gasteiger partial charge is 0.0383 e. The Labute approximate surface area is 112 Å². The predicted octanol–water partition coefficient (Wildman–Crippen LogP) is 4.09. The van der Waals surface area contributed by atoms with Crippen molar-refractivity contribution < 1.29 is 0 Å². The summed E-state index contributed by atoms with van der Waals surface area (Å²) in [6.07, 6.45) is 7.81. The third-order valence-electron chi connectivity index (χ3n) is 3.36. The Morgan fingerprint density at radius 3 is 2.33 bits per heavy atom. The average Bonchev–Trinajstić information content (AvgIpc) is 2.39. The summed E-state index contributed by atoms with van der Waals surface area (Å²) in [6, 6.07) is 8.95. The molecule has 1 aromatic carbocycles. The monoisotopic (exact) mass is 248 g/mol. The van der Waals surface area contributed by atoms with E-state index in [1.807, 2.05) is 0 Å². The lowest BCUT2D eigenvalue weighted by molar-refractivity contribution is 0.563. The highest BCUT2D eigenvalue weighted by Crippen LogP contribution is 2.13. The highest BCUT2D eigenvalue weighted by molar-refractivity contribution is 5.45. The zero-order valence-corrected chi connectivity index (χ0v) is 11.9. The van der Waals surface area contributed by atoms with Crippen LogP contribution in [-0.2, 0) is 0 Å². The lowest BCUT2D eigenvalue weighted by atomic mass is 10.1. The van der Waals surface area contributed by atoms with Gasteiger partial charge in [-0.3, -0.25) is 0 Å². The number of unbranched alkanes of at least 4 members (excludes halogenated alkanes) is 4. The van der Waals surface area contributed by atoms with E-state index in [-0.39, 0.29) is 0 Å². The van der Waals surface area contributed by atoms with Crippen molar-refractivity contribution in [3.8, 4) is 0 Å². The minimum Gasteiger partial charge on any atom is -0.381 e. The number of aryl methyl sites for hydroxylation is 1. The maximum absolute atomic E-state index is 5.83. The van der Waals surface area contributed by atoms with E-state index in [4.69, 9.17) is 5.73 Å². The molecule has 18 heavy (non-hydrogen) atoms. The summed E-state index contributed by atoms with van der Waals surface area (Å²) < 4.78 is 0. The molecule has 2 heteroatoms. The van der Waals surface area contributed by atoms with Gasteiger partial charge in [-0.1, -0.05) is 56.7 Å². The van der Waals surface area contributed by atoms with Crippen molar-refractivity contribution in [1.82, 2.24) is 0 Å². The Balaban J connectivity index is 2.26. The van der Waals surface area contributed by atoms with Crippen molar-refractivity contribution in [2.75, 3.05) is 11.9 Å². The molecule has 2 nitrogen and oxygen atoms in total. The molecule has 0 bridgehead atoms. The second kappa shape index (κ2) is 8.98. The molecule has 3 N–H and O–H groups in total. The fourth-order valence-corrected chi connectivity index (χ4v) is 2.13. The van der Waals surface area contributed by atoms with Crippen molar-refractivity contribution in [1.29, 1.82) is 0 Å². The van der Waals surface area contributed by atoms with E-state index in [1.54, 1.807) is 0 Å². The summed E-state index contributed by atoms with van der Waals surface area (Å²) in [4.78, 5) is 0. The summed E-state index contributed by atoms with van der Waals surface area (Å²) >= 11 is 0. The van der Waals surface area contributed by atoms with Crippen LogP contribution in [0.5, 0.6) is 0 Å². The van der Waals surface area contributed by atoms with Crippen molar-refractivity contribution >= 4 is 5.69 Å². The summed E-state index contributed by atoms with van der Waals surface area (Å²) in [5, 5.41) is 3.52. The summed E-state index contributed by atoms with van der Waals surface area (Å²) in [6.45, 7) is 5.07. The molecule has 0 heterocycles. The van der Waals surface area contributed by atoms with Crippen LogP contribution < -0.4 is 11.1 Å². The molecule has 1 atom stereocenters. The Morgan fingerprint density at radius 1 is 1.06 bits per heavy atom. The second-order valence-corrected chi connectivity index (χ2v) is 5.15. The highest BCUT2D eigenvalue weighted by Gasteiger charge is 2.05. The first kappa shape index (κ1) is 15.0. The minimum absolute atomic E-state index is 0.411. The lowest BCUT2D eigenvalue weighted by Gasteiger charge is -2.18. The van der Waals surface area contributed by atoms with Crippen molar-refractivity contribution in [2.24, 2.45) is 5.73 Å². The van der Waals surface area contributed by atoms with E-state index in [9.17, 15) is 0 Å². The topological polar surface area (TPSA) is 38.0 Å². The molecular weight excluding hydrogens is 220 g/mol. The fourth-order valence-electron chi connectivity index (χ4n) is 2.13. The van der Waals surface area contributed by atoms with Crippen LogP contribution in [0.4, 0.5) is 5.69 Å². The van der Waals surface area contributed by atoms with Gasteiger partial charge < -0.3 is 11.1 Å². The molecule has 1 aromatic rings. The molecular formula is C16H28N2. The first-order chi connectivity index (χ1) is 8.76. The molecule has 0 saturated carbocycles. The standard InChI is InChI=1S/C16H28N2/c1-3-4-5-6-7-8-16(13-17)18-15-11-9-14(2)10-12-15/h9-12,16,18H,3-8,13,17H2,1-2H3. The van der Waals surface area contributed by atoms with Crippen LogP contribution >= 0.6 is 0 Å². The third-order valence-corrected chi connectivity index (χ3v) is 3.36. The van der Waals surface area contributed by atoms with Crippen LogP contribution in [0.25, 0.3) is 0 Å². The van der Waals surface area contributed by atoms with Crippen LogP contribution in [0.3, 0.4) is 0 Å². The van der Waals surface area contributed by atoms with Gasteiger partial charge in [0.2, 0.25) is 0 Å². The van der Waals surface area contributed by atoms with E-state index in [2.05, 4.69) is 43.4 Å².